The number of anilines is 3. The number of benzene rings is 3. The van der Waals surface area contributed by atoms with Crippen molar-refractivity contribution in [3.8, 4) is 11.3 Å². The van der Waals surface area contributed by atoms with Crippen molar-refractivity contribution >= 4 is 39.7 Å². The molecule has 1 spiro atoms. The van der Waals surface area contributed by atoms with E-state index in [9.17, 15) is 9.59 Å². The van der Waals surface area contributed by atoms with Crippen LogP contribution in [0.2, 0.25) is 0 Å². The van der Waals surface area contributed by atoms with Gasteiger partial charge in [0.2, 0.25) is 0 Å². The van der Waals surface area contributed by atoms with E-state index in [4.69, 9.17) is 18.7 Å². The summed E-state index contributed by atoms with van der Waals surface area (Å²) in [5.74, 6) is -0.416. The van der Waals surface area contributed by atoms with Gasteiger partial charge in [0.1, 0.15) is 5.52 Å². The molecule has 4 aromatic rings. The summed E-state index contributed by atoms with van der Waals surface area (Å²) < 4.78 is 22.5. The molecule has 2 saturated heterocycles. The molecule has 38 heavy (non-hydrogen) atoms. The van der Waals surface area contributed by atoms with Gasteiger partial charge in [-0.15, -0.1) is 0 Å². The van der Waals surface area contributed by atoms with E-state index < -0.39 is 11.8 Å². The van der Waals surface area contributed by atoms with E-state index in [1.54, 1.807) is 24.3 Å². The van der Waals surface area contributed by atoms with Gasteiger partial charge in [-0.05, 0) is 30.3 Å². The number of nitrogens with one attached hydrogen (secondary N) is 1. The Hall–Kier alpha value is -4.21. The molecule has 7 rings (SSSR count). The Morgan fingerprint density at radius 1 is 1.03 bits per heavy atom. The van der Waals surface area contributed by atoms with Crippen molar-refractivity contribution in [3.05, 3.63) is 71.3 Å². The van der Waals surface area contributed by atoms with Gasteiger partial charge in [0.15, 0.2) is 17.3 Å². The molecule has 0 amide bonds. The number of hydrogen-bond acceptors (Lipinski definition) is 9. The van der Waals surface area contributed by atoms with Gasteiger partial charge in [0.25, 0.3) is 0 Å². The van der Waals surface area contributed by atoms with Crippen molar-refractivity contribution in [2.24, 2.45) is 0 Å². The second-order valence-electron chi connectivity index (χ2n) is 9.72. The summed E-state index contributed by atoms with van der Waals surface area (Å²) in [4.78, 5) is 28.0. The molecule has 3 aromatic carbocycles. The van der Waals surface area contributed by atoms with E-state index in [1.807, 2.05) is 30.3 Å². The largest absolute Gasteiger partial charge is 0.465 e. The van der Waals surface area contributed by atoms with Gasteiger partial charge >= 0.3 is 5.97 Å². The fraction of sp³-hybridized carbons (Fsp3) is 0.276. The average Bonchev–Trinajstić information content (AvgIpc) is 3.60. The Bertz CT molecular complexity index is 1580. The fourth-order valence-electron chi connectivity index (χ4n) is 5.72. The number of methoxy groups -OCH3 is 1. The molecule has 0 radical (unpaired) electrons. The van der Waals surface area contributed by atoms with Gasteiger partial charge in [-0.25, -0.2) is 4.79 Å². The summed E-state index contributed by atoms with van der Waals surface area (Å²) in [5, 5.41) is 8.59. The first-order chi connectivity index (χ1) is 18.6. The van der Waals surface area contributed by atoms with E-state index >= 15 is 0 Å². The summed E-state index contributed by atoms with van der Waals surface area (Å²) in [6.07, 6.45) is 1.47. The number of rotatable bonds is 4. The normalized spacial score (nSPS) is 17.6. The van der Waals surface area contributed by atoms with E-state index in [-0.39, 0.29) is 5.78 Å². The van der Waals surface area contributed by atoms with Crippen LogP contribution in [-0.4, -0.2) is 56.1 Å². The molecular weight excluding hydrogens is 486 g/mol. The molecule has 3 aliphatic rings. The predicted molar refractivity (Wildman–Crippen MR) is 140 cm³/mol. The lowest BCUT2D eigenvalue weighted by molar-refractivity contribution is -0.169. The van der Waals surface area contributed by atoms with Gasteiger partial charge in [-0.3, -0.25) is 4.79 Å². The lowest BCUT2D eigenvalue weighted by Gasteiger charge is -2.39. The Balaban J connectivity index is 1.34. The van der Waals surface area contributed by atoms with Gasteiger partial charge in [-0.2, -0.15) is 0 Å². The Morgan fingerprint density at radius 3 is 2.45 bits per heavy atom. The summed E-state index contributed by atoms with van der Waals surface area (Å²) in [7, 11) is 1.35. The number of ether oxygens (including phenoxy) is 3. The van der Waals surface area contributed by atoms with Crippen molar-refractivity contribution < 1.29 is 28.3 Å². The SMILES string of the molecule is COC(=O)c1ccc(Nc2cc(N3CCC4(CC3)OCCO4)c3noc4c3c2C(=O)c2ccccc2-4)cc1. The summed E-state index contributed by atoms with van der Waals surface area (Å²) in [6.45, 7) is 2.68. The lowest BCUT2D eigenvalue weighted by Crippen LogP contribution is -2.45. The van der Waals surface area contributed by atoms with Crippen LogP contribution in [0.1, 0.15) is 39.1 Å². The van der Waals surface area contributed by atoms with Crippen LogP contribution in [0.5, 0.6) is 0 Å². The van der Waals surface area contributed by atoms with E-state index in [0.29, 0.717) is 65.3 Å². The molecule has 192 valence electrons. The Labute approximate surface area is 218 Å². The van der Waals surface area contributed by atoms with Crippen LogP contribution >= 0.6 is 0 Å². The molecule has 0 bridgehead atoms. The molecule has 0 unspecified atom stereocenters. The quantitative estimate of drug-likeness (QED) is 0.337. The second-order valence-corrected chi connectivity index (χ2v) is 9.72. The third-order valence-corrected chi connectivity index (χ3v) is 7.64. The van der Waals surface area contributed by atoms with Gasteiger partial charge < -0.3 is 29.0 Å². The van der Waals surface area contributed by atoms with Crippen molar-refractivity contribution in [3.63, 3.8) is 0 Å². The highest BCUT2D eigenvalue weighted by molar-refractivity contribution is 6.28. The number of ketones is 1. The molecule has 2 fully saturated rings. The molecule has 9 nitrogen and oxygen atoms in total. The molecule has 9 heteroatoms. The van der Waals surface area contributed by atoms with Gasteiger partial charge in [0.05, 0.1) is 48.2 Å². The Morgan fingerprint density at radius 2 is 1.74 bits per heavy atom. The highest BCUT2D eigenvalue weighted by atomic mass is 16.7. The molecule has 1 aromatic heterocycles. The standard InChI is InChI=1S/C29H25N3O6/c1-35-28(34)17-6-8-18(9-7-17)30-21-16-22(32-12-10-29(11-13-32)36-14-15-37-29)25-24-23(21)26(33)19-4-2-3-5-20(19)27(24)38-31-25/h2-9,16,30H,10-15H2,1H3. The number of fused-ring (bicyclic) bond motifs is 2. The highest BCUT2D eigenvalue weighted by Crippen LogP contribution is 2.47. The molecule has 1 aliphatic carbocycles. The average molecular weight is 512 g/mol. The maximum Gasteiger partial charge on any atom is 0.337 e. The smallest absolute Gasteiger partial charge is 0.337 e. The zero-order chi connectivity index (χ0) is 25.9. The predicted octanol–water partition coefficient (Wildman–Crippen LogP) is 4.91. The van der Waals surface area contributed by atoms with Crippen LogP contribution in [0.15, 0.2) is 59.1 Å². The number of hydrogen-bond donors (Lipinski definition) is 1. The van der Waals surface area contributed by atoms with E-state index in [1.165, 1.54) is 7.11 Å². The number of carbonyl (C=O) groups excluding carboxylic acids is 2. The number of nitrogens with zero attached hydrogens (tertiary/aromatic N) is 2. The lowest BCUT2D eigenvalue weighted by atomic mass is 9.86. The summed E-state index contributed by atoms with van der Waals surface area (Å²) >= 11 is 0. The van der Waals surface area contributed by atoms with Crippen molar-refractivity contribution in [2.75, 3.05) is 43.6 Å². The zero-order valence-electron chi connectivity index (χ0n) is 20.8. The summed E-state index contributed by atoms with van der Waals surface area (Å²) in [5.41, 5.74) is 5.20. The number of esters is 1. The van der Waals surface area contributed by atoms with E-state index in [2.05, 4.69) is 15.4 Å². The minimum absolute atomic E-state index is 0.0908. The highest BCUT2D eigenvalue weighted by Gasteiger charge is 2.41. The number of piperidine rings is 1. The number of carbonyl (C=O) groups is 2. The van der Waals surface area contributed by atoms with Crippen LogP contribution in [-0.2, 0) is 14.2 Å². The maximum atomic E-state index is 13.8. The van der Waals surface area contributed by atoms with Crippen LogP contribution in [0.4, 0.5) is 17.1 Å². The molecule has 0 atom stereocenters. The first-order valence-electron chi connectivity index (χ1n) is 12.7. The molecular formula is C29H25N3O6. The van der Waals surface area contributed by atoms with E-state index in [0.717, 1.165) is 29.8 Å². The zero-order valence-corrected chi connectivity index (χ0v) is 20.8. The van der Waals surface area contributed by atoms with Crippen LogP contribution in [0.25, 0.3) is 22.2 Å². The van der Waals surface area contributed by atoms with Crippen LogP contribution < -0.4 is 10.2 Å². The first-order valence-corrected chi connectivity index (χ1v) is 12.7. The second kappa shape index (κ2) is 8.68. The van der Waals surface area contributed by atoms with Crippen molar-refractivity contribution in [1.29, 1.82) is 0 Å². The fourth-order valence-corrected chi connectivity index (χ4v) is 5.72. The molecule has 0 saturated carbocycles. The minimum atomic E-state index is -0.507. The molecule has 3 heterocycles. The summed E-state index contributed by atoms with van der Waals surface area (Å²) in [6, 6.07) is 16.4. The third-order valence-electron chi connectivity index (χ3n) is 7.64. The van der Waals surface area contributed by atoms with Crippen molar-refractivity contribution in [1.82, 2.24) is 5.16 Å². The Kier molecular flexibility index (Phi) is 5.24. The van der Waals surface area contributed by atoms with Gasteiger partial charge in [-0.1, -0.05) is 29.4 Å². The van der Waals surface area contributed by atoms with Crippen LogP contribution in [0.3, 0.4) is 0 Å². The molecule has 1 N–H and O–H groups in total. The number of aromatic nitrogens is 1. The minimum Gasteiger partial charge on any atom is -0.465 e. The molecule has 2 aliphatic heterocycles. The maximum absolute atomic E-state index is 13.8. The monoisotopic (exact) mass is 511 g/mol. The van der Waals surface area contributed by atoms with Gasteiger partial charge in [0, 0.05) is 42.7 Å². The first kappa shape index (κ1) is 22.9. The van der Waals surface area contributed by atoms with Crippen LogP contribution in [0, 0.1) is 0 Å². The third kappa shape index (κ3) is 3.50. The topological polar surface area (TPSA) is 103 Å². The van der Waals surface area contributed by atoms with Crippen molar-refractivity contribution in [2.45, 2.75) is 18.6 Å².